The number of hydrogen-bond donors (Lipinski definition) is 2. The van der Waals surface area contributed by atoms with Gasteiger partial charge in [-0.15, -0.1) is 0 Å². The zero-order valence-electron chi connectivity index (χ0n) is 14.3. The summed E-state index contributed by atoms with van der Waals surface area (Å²) in [6.45, 7) is 2.27. The van der Waals surface area contributed by atoms with E-state index in [1.54, 1.807) is 0 Å². The van der Waals surface area contributed by atoms with Gasteiger partial charge < -0.3 is 9.72 Å². The van der Waals surface area contributed by atoms with E-state index in [1.165, 1.54) is 25.3 Å². The Kier molecular flexibility index (Phi) is 5.62. The van der Waals surface area contributed by atoms with Gasteiger partial charge in [-0.1, -0.05) is 27.5 Å². The van der Waals surface area contributed by atoms with Crippen LogP contribution in [0.15, 0.2) is 45.8 Å². The number of sulfonamides is 1. The molecule has 0 bridgehead atoms. The van der Waals surface area contributed by atoms with Crippen molar-refractivity contribution >= 4 is 48.5 Å². The third-order valence-electron chi connectivity index (χ3n) is 4.18. The third-order valence-corrected chi connectivity index (χ3v) is 6.45. The van der Waals surface area contributed by atoms with Crippen LogP contribution in [0.5, 0.6) is 5.75 Å². The predicted octanol–water partition coefficient (Wildman–Crippen LogP) is 4.42. The molecule has 2 N–H and O–H groups in total. The molecule has 0 aliphatic carbocycles. The number of aromatic amines is 1. The van der Waals surface area contributed by atoms with Crippen LogP contribution in [0.4, 0.5) is 0 Å². The van der Waals surface area contributed by atoms with Gasteiger partial charge in [0.15, 0.2) is 0 Å². The number of H-pyrrole nitrogens is 1. The molecule has 0 fully saturated rings. The van der Waals surface area contributed by atoms with Gasteiger partial charge in [-0.25, -0.2) is 13.1 Å². The molecule has 3 aromatic rings. The van der Waals surface area contributed by atoms with Gasteiger partial charge in [-0.05, 0) is 49.2 Å². The van der Waals surface area contributed by atoms with Crippen molar-refractivity contribution in [3.8, 4) is 5.75 Å². The summed E-state index contributed by atoms with van der Waals surface area (Å²) in [6.07, 6.45) is 0.576. The van der Waals surface area contributed by atoms with E-state index in [4.69, 9.17) is 16.3 Å². The lowest BCUT2D eigenvalue weighted by Crippen LogP contribution is -2.26. The van der Waals surface area contributed by atoms with Crippen molar-refractivity contribution in [2.45, 2.75) is 18.2 Å². The number of hydrogen-bond acceptors (Lipinski definition) is 3. The Morgan fingerprint density at radius 1 is 1.23 bits per heavy atom. The molecule has 1 heterocycles. The first-order chi connectivity index (χ1) is 12.3. The van der Waals surface area contributed by atoms with Crippen LogP contribution in [0, 0.1) is 6.92 Å². The van der Waals surface area contributed by atoms with E-state index < -0.39 is 10.0 Å². The second kappa shape index (κ2) is 7.60. The van der Waals surface area contributed by atoms with Crippen molar-refractivity contribution in [3.63, 3.8) is 0 Å². The molecule has 0 unspecified atom stereocenters. The zero-order chi connectivity index (χ0) is 18.9. The SMILES string of the molecule is COc1cc(S(=O)(=O)NCCc2c(C)[nH]c3ccc(Br)cc23)ccc1Cl. The minimum atomic E-state index is -3.65. The lowest BCUT2D eigenvalue weighted by atomic mass is 10.1. The fraction of sp³-hybridized carbons (Fsp3) is 0.222. The van der Waals surface area contributed by atoms with E-state index in [1.807, 2.05) is 25.1 Å². The maximum absolute atomic E-state index is 12.5. The fourth-order valence-corrected chi connectivity index (χ4v) is 4.48. The first kappa shape index (κ1) is 19.2. The summed E-state index contributed by atoms with van der Waals surface area (Å²) in [5.41, 5.74) is 3.16. The van der Waals surface area contributed by atoms with E-state index in [9.17, 15) is 8.42 Å². The number of nitrogens with one attached hydrogen (secondary N) is 2. The van der Waals surface area contributed by atoms with Crippen molar-refractivity contribution < 1.29 is 13.2 Å². The molecule has 0 spiro atoms. The summed E-state index contributed by atoms with van der Waals surface area (Å²) in [6, 6.07) is 10.4. The molecule has 0 radical (unpaired) electrons. The number of rotatable bonds is 6. The minimum Gasteiger partial charge on any atom is -0.495 e. The Bertz CT molecular complexity index is 1060. The average molecular weight is 458 g/mol. The van der Waals surface area contributed by atoms with E-state index in [-0.39, 0.29) is 11.4 Å². The fourth-order valence-electron chi connectivity index (χ4n) is 2.88. The topological polar surface area (TPSA) is 71.2 Å². The van der Waals surface area contributed by atoms with Gasteiger partial charge in [-0.3, -0.25) is 0 Å². The van der Waals surface area contributed by atoms with Crippen molar-refractivity contribution in [3.05, 3.63) is 57.2 Å². The van der Waals surface area contributed by atoms with E-state index in [0.29, 0.717) is 17.2 Å². The van der Waals surface area contributed by atoms with Crippen LogP contribution in [0.2, 0.25) is 5.02 Å². The Morgan fingerprint density at radius 2 is 2.00 bits per heavy atom. The molecule has 138 valence electrons. The van der Waals surface area contributed by atoms with Crippen LogP contribution >= 0.6 is 27.5 Å². The molecule has 0 aliphatic heterocycles. The Morgan fingerprint density at radius 3 is 2.73 bits per heavy atom. The molecule has 0 atom stereocenters. The van der Waals surface area contributed by atoms with Gasteiger partial charge in [-0.2, -0.15) is 0 Å². The van der Waals surface area contributed by atoms with Crippen molar-refractivity contribution in [1.82, 2.24) is 9.71 Å². The molecule has 2 aromatic carbocycles. The van der Waals surface area contributed by atoms with Crippen LogP contribution in [-0.2, 0) is 16.4 Å². The molecule has 0 amide bonds. The third kappa shape index (κ3) is 3.91. The molecule has 1 aromatic heterocycles. The molecule has 0 saturated heterocycles. The van der Waals surface area contributed by atoms with E-state index in [0.717, 1.165) is 26.6 Å². The molecule has 8 heteroatoms. The number of ether oxygens (including phenoxy) is 1. The van der Waals surface area contributed by atoms with Crippen LogP contribution in [-0.4, -0.2) is 27.1 Å². The second-order valence-electron chi connectivity index (χ2n) is 5.86. The molecule has 0 aliphatic rings. The summed E-state index contributed by atoms with van der Waals surface area (Å²) >= 11 is 9.43. The van der Waals surface area contributed by atoms with Crippen molar-refractivity contribution in [1.29, 1.82) is 0 Å². The number of fused-ring (bicyclic) bond motifs is 1. The molecule has 26 heavy (non-hydrogen) atoms. The first-order valence-corrected chi connectivity index (χ1v) is 10.6. The highest BCUT2D eigenvalue weighted by molar-refractivity contribution is 9.10. The normalized spacial score (nSPS) is 11.8. The first-order valence-electron chi connectivity index (χ1n) is 7.92. The Labute approximate surface area is 165 Å². The van der Waals surface area contributed by atoms with Gasteiger partial charge in [0.05, 0.1) is 17.0 Å². The minimum absolute atomic E-state index is 0.122. The second-order valence-corrected chi connectivity index (χ2v) is 8.95. The summed E-state index contributed by atoms with van der Waals surface area (Å²) in [5, 5.41) is 1.45. The summed E-state index contributed by atoms with van der Waals surface area (Å²) in [7, 11) is -2.20. The number of benzene rings is 2. The smallest absolute Gasteiger partial charge is 0.240 e. The largest absolute Gasteiger partial charge is 0.495 e. The lowest BCUT2D eigenvalue weighted by molar-refractivity contribution is 0.413. The molecule has 0 saturated carbocycles. The Hall–Kier alpha value is -1.54. The maximum Gasteiger partial charge on any atom is 0.240 e. The standard InChI is InChI=1S/C18H18BrClN2O3S/c1-11-14(15-9-12(19)3-6-17(15)22-11)7-8-21-26(23,24)13-4-5-16(20)18(10-13)25-2/h3-6,9-10,21-22H,7-8H2,1-2H3. The number of halogens is 2. The van der Waals surface area contributed by atoms with Gasteiger partial charge in [0.1, 0.15) is 5.75 Å². The highest BCUT2D eigenvalue weighted by Crippen LogP contribution is 2.28. The highest BCUT2D eigenvalue weighted by Gasteiger charge is 2.17. The quantitative estimate of drug-likeness (QED) is 0.575. The maximum atomic E-state index is 12.5. The highest BCUT2D eigenvalue weighted by atomic mass is 79.9. The molecular formula is C18H18BrClN2O3S. The van der Waals surface area contributed by atoms with E-state index in [2.05, 4.69) is 25.6 Å². The summed E-state index contributed by atoms with van der Waals surface area (Å²) in [5.74, 6) is 0.326. The van der Waals surface area contributed by atoms with Crippen molar-refractivity contribution in [2.75, 3.05) is 13.7 Å². The van der Waals surface area contributed by atoms with Gasteiger partial charge in [0.2, 0.25) is 10.0 Å². The van der Waals surface area contributed by atoms with Gasteiger partial charge in [0.25, 0.3) is 0 Å². The average Bonchev–Trinajstić information content (AvgIpc) is 2.90. The molecule has 5 nitrogen and oxygen atoms in total. The van der Waals surface area contributed by atoms with E-state index >= 15 is 0 Å². The van der Waals surface area contributed by atoms with Crippen LogP contribution in [0.25, 0.3) is 10.9 Å². The molecule has 3 rings (SSSR count). The number of methoxy groups -OCH3 is 1. The molecular weight excluding hydrogens is 440 g/mol. The summed E-state index contributed by atoms with van der Waals surface area (Å²) in [4.78, 5) is 3.45. The zero-order valence-corrected chi connectivity index (χ0v) is 17.4. The predicted molar refractivity (Wildman–Crippen MR) is 108 cm³/mol. The monoisotopic (exact) mass is 456 g/mol. The number of aromatic nitrogens is 1. The van der Waals surface area contributed by atoms with Gasteiger partial charge >= 0.3 is 0 Å². The summed E-state index contributed by atoms with van der Waals surface area (Å²) < 4.78 is 33.7. The van der Waals surface area contributed by atoms with Crippen LogP contribution in [0.1, 0.15) is 11.3 Å². The van der Waals surface area contributed by atoms with Gasteiger partial charge in [0, 0.05) is 33.7 Å². The Balaban J connectivity index is 1.77. The lowest BCUT2D eigenvalue weighted by Gasteiger charge is -2.09. The van der Waals surface area contributed by atoms with Crippen molar-refractivity contribution in [2.24, 2.45) is 0 Å². The van der Waals surface area contributed by atoms with Crippen LogP contribution < -0.4 is 9.46 Å². The number of aryl methyl sites for hydroxylation is 1. The van der Waals surface area contributed by atoms with Crippen LogP contribution in [0.3, 0.4) is 0 Å².